The molecule has 204 valence electrons. The van der Waals surface area contributed by atoms with Crippen LogP contribution in [0.4, 0.5) is 20.2 Å². The van der Waals surface area contributed by atoms with Crippen LogP contribution in [0, 0.1) is 29.1 Å². The molecular formula is C25H22Cl2F2N6O4. The normalized spacial score (nSPS) is 28.7. The van der Waals surface area contributed by atoms with E-state index in [0.29, 0.717) is 0 Å². The van der Waals surface area contributed by atoms with Crippen LogP contribution in [0.2, 0.25) is 10.0 Å². The number of nitriles is 1. The molecule has 2 aromatic rings. The molecule has 2 amide bonds. The van der Waals surface area contributed by atoms with E-state index < -0.39 is 60.1 Å². The summed E-state index contributed by atoms with van der Waals surface area (Å²) in [6, 6.07) is 3.36. The van der Waals surface area contributed by atoms with E-state index in [2.05, 4.69) is 10.4 Å². The molecule has 2 N–H and O–H groups in total. The number of amides is 2. The molecule has 4 heterocycles. The van der Waals surface area contributed by atoms with E-state index in [9.17, 15) is 24.8 Å². The molecule has 2 saturated heterocycles. The van der Waals surface area contributed by atoms with Crippen LogP contribution in [0.15, 0.2) is 18.3 Å². The highest BCUT2D eigenvalue weighted by Crippen LogP contribution is 2.61. The van der Waals surface area contributed by atoms with E-state index in [1.807, 2.05) is 6.07 Å². The van der Waals surface area contributed by atoms with Crippen LogP contribution in [0.5, 0.6) is 0 Å². The van der Waals surface area contributed by atoms with Crippen molar-refractivity contribution in [1.29, 1.82) is 5.26 Å². The molecule has 1 aromatic carbocycles. The van der Waals surface area contributed by atoms with Gasteiger partial charge in [-0.15, -0.1) is 0 Å². The zero-order valence-electron chi connectivity index (χ0n) is 20.5. The number of carbonyl (C=O) groups is 3. The van der Waals surface area contributed by atoms with Gasteiger partial charge in [0.2, 0.25) is 5.91 Å². The van der Waals surface area contributed by atoms with Gasteiger partial charge in [-0.1, -0.05) is 23.2 Å². The van der Waals surface area contributed by atoms with Gasteiger partial charge in [0.1, 0.15) is 23.2 Å². The Kier molecular flexibility index (Phi) is 5.74. The number of carboxylic acid groups (broad SMARTS) is 1. The van der Waals surface area contributed by atoms with Crippen molar-refractivity contribution in [2.24, 2.45) is 24.8 Å². The van der Waals surface area contributed by atoms with Gasteiger partial charge in [0.15, 0.2) is 5.69 Å². The fourth-order valence-corrected chi connectivity index (χ4v) is 7.12. The van der Waals surface area contributed by atoms with Crippen molar-refractivity contribution in [3.05, 3.63) is 39.6 Å². The van der Waals surface area contributed by atoms with Gasteiger partial charge in [-0.05, 0) is 30.9 Å². The molecule has 0 bridgehead atoms. The van der Waals surface area contributed by atoms with E-state index in [1.165, 1.54) is 27.9 Å². The third-order valence-corrected chi connectivity index (χ3v) is 8.71. The summed E-state index contributed by atoms with van der Waals surface area (Å²) in [6.45, 7) is -0.764. The van der Waals surface area contributed by atoms with Crippen molar-refractivity contribution in [3.63, 3.8) is 0 Å². The number of carbonyl (C=O) groups excluding carboxylic acids is 2. The molecule has 1 aromatic heterocycles. The van der Waals surface area contributed by atoms with E-state index in [1.54, 1.807) is 7.05 Å². The summed E-state index contributed by atoms with van der Waals surface area (Å²) in [5, 5.41) is 27.0. The summed E-state index contributed by atoms with van der Waals surface area (Å²) in [4.78, 5) is 43.6. The third kappa shape index (κ3) is 3.74. The lowest BCUT2D eigenvalue weighted by Crippen LogP contribution is -2.54. The predicted molar refractivity (Wildman–Crippen MR) is 134 cm³/mol. The van der Waals surface area contributed by atoms with Crippen LogP contribution in [-0.2, 0) is 27.0 Å². The maximum atomic E-state index is 15.0. The quantitative estimate of drug-likeness (QED) is 0.556. The lowest BCUT2D eigenvalue weighted by molar-refractivity contribution is -0.153. The number of alkyl halides is 2. The molecule has 6 rings (SSSR count). The van der Waals surface area contributed by atoms with Crippen LogP contribution in [0.1, 0.15) is 30.5 Å². The Bertz CT molecular complexity index is 1490. The number of anilines is 2. The smallest absolute Gasteiger partial charge is 0.310 e. The number of nitrogens with zero attached hydrogens (tertiary/aromatic N) is 5. The molecule has 0 radical (unpaired) electrons. The molecule has 1 unspecified atom stereocenters. The number of fused-ring (bicyclic) bond motifs is 4. The predicted octanol–water partition coefficient (Wildman–Crippen LogP) is 3.23. The third-order valence-electron chi connectivity index (χ3n) is 8.20. The fourth-order valence-electron chi connectivity index (χ4n) is 6.58. The second kappa shape index (κ2) is 8.61. The fraction of sp³-hybridized carbons (Fsp3) is 0.480. The summed E-state index contributed by atoms with van der Waals surface area (Å²) in [5.74, 6) is -9.59. The highest BCUT2D eigenvalue weighted by Gasteiger charge is 2.75. The lowest BCUT2D eigenvalue weighted by Gasteiger charge is -2.36. The molecule has 4 atom stereocenters. The number of rotatable bonds is 5. The molecule has 1 saturated carbocycles. The molecule has 39 heavy (non-hydrogen) atoms. The summed E-state index contributed by atoms with van der Waals surface area (Å²) >= 11 is 12.6. The Balaban J connectivity index is 1.55. The topological polar surface area (TPSA) is 132 Å². The number of carboxylic acids is 1. The number of hydrogen-bond acceptors (Lipinski definition) is 6. The minimum atomic E-state index is -3.29. The first-order valence-corrected chi connectivity index (χ1v) is 13.1. The van der Waals surface area contributed by atoms with Crippen LogP contribution in [-0.4, -0.2) is 62.6 Å². The Morgan fingerprint density at radius 3 is 2.69 bits per heavy atom. The Morgan fingerprint density at radius 2 is 2.05 bits per heavy atom. The van der Waals surface area contributed by atoms with Crippen molar-refractivity contribution < 1.29 is 28.3 Å². The number of aromatic nitrogens is 2. The largest absolute Gasteiger partial charge is 0.481 e. The molecule has 3 fully saturated rings. The number of halogens is 4. The molecule has 14 heteroatoms. The monoisotopic (exact) mass is 578 g/mol. The zero-order chi connectivity index (χ0) is 28.0. The van der Waals surface area contributed by atoms with Gasteiger partial charge in [-0.25, -0.2) is 8.78 Å². The molecule has 1 aliphatic carbocycles. The zero-order valence-corrected chi connectivity index (χ0v) is 22.0. The highest BCUT2D eigenvalue weighted by molar-refractivity contribution is 6.38. The Morgan fingerprint density at radius 1 is 1.33 bits per heavy atom. The molecular weight excluding hydrogens is 557 g/mol. The molecule has 3 aliphatic heterocycles. The summed E-state index contributed by atoms with van der Waals surface area (Å²) in [7, 11) is 1.57. The molecule has 10 nitrogen and oxygen atoms in total. The van der Waals surface area contributed by atoms with Gasteiger partial charge >= 0.3 is 5.97 Å². The van der Waals surface area contributed by atoms with Crippen LogP contribution >= 0.6 is 23.2 Å². The number of aliphatic carboxylic acids is 1. The number of aryl methyl sites for hydroxylation is 1. The van der Waals surface area contributed by atoms with Crippen LogP contribution < -0.4 is 10.2 Å². The number of nitrogens with one attached hydrogen (secondary N) is 1. The van der Waals surface area contributed by atoms with E-state index >= 15 is 8.78 Å². The van der Waals surface area contributed by atoms with Crippen LogP contribution in [0.25, 0.3) is 0 Å². The first-order chi connectivity index (χ1) is 18.4. The van der Waals surface area contributed by atoms with Crippen molar-refractivity contribution >= 4 is 52.4 Å². The van der Waals surface area contributed by atoms with Gasteiger partial charge in [-0.2, -0.15) is 10.4 Å². The van der Waals surface area contributed by atoms with Crippen molar-refractivity contribution in [2.45, 2.75) is 36.8 Å². The van der Waals surface area contributed by atoms with Crippen LogP contribution in [0.3, 0.4) is 0 Å². The highest BCUT2D eigenvalue weighted by atomic mass is 35.5. The van der Waals surface area contributed by atoms with Gasteiger partial charge in [0.25, 0.3) is 11.8 Å². The van der Waals surface area contributed by atoms with E-state index in [-0.39, 0.29) is 45.1 Å². The SMILES string of the molecule is Cn1cc(N(CC2CC2)C(=O)[C@@H]2C(C(=O)O)[C@@]3(C(=O)Nc4c(Cl)cc(Cl)cc43)N3CC(F)(F)C[C@H]23)c(C#N)n1. The maximum Gasteiger partial charge on any atom is 0.310 e. The van der Waals surface area contributed by atoms with Crippen molar-refractivity contribution in [3.8, 4) is 6.07 Å². The standard InChI is InChI=1S/C25H22Cl2F2N6O4/c1-33-9-17(15(7-30)32-33)34(8-11-2-3-11)21(36)18-16-6-24(28,29)10-35(16)25(19(18)22(37)38)13-4-12(26)5-14(27)20(13)31-23(25)39/h4-5,9,11,16,18-19H,2-3,6,8,10H2,1H3,(H,31,39)(H,37,38)/t16-,18+,19?,25+/m1/s1. The van der Waals surface area contributed by atoms with Gasteiger partial charge in [-0.3, -0.25) is 24.0 Å². The number of hydrogen-bond donors (Lipinski definition) is 2. The van der Waals surface area contributed by atoms with Gasteiger partial charge in [0.05, 0.1) is 23.2 Å². The molecule has 1 spiro atoms. The van der Waals surface area contributed by atoms with Gasteiger partial charge < -0.3 is 15.3 Å². The summed E-state index contributed by atoms with van der Waals surface area (Å²) < 4.78 is 31.4. The van der Waals surface area contributed by atoms with Crippen molar-refractivity contribution in [1.82, 2.24) is 14.7 Å². The minimum Gasteiger partial charge on any atom is -0.481 e. The first kappa shape index (κ1) is 26.0. The maximum absolute atomic E-state index is 15.0. The van der Waals surface area contributed by atoms with Crippen molar-refractivity contribution in [2.75, 3.05) is 23.3 Å². The second-order valence-corrected chi connectivity index (χ2v) is 11.5. The Labute approximate surface area is 231 Å². The average molecular weight is 579 g/mol. The Hall–Kier alpha value is -3.27. The molecule has 4 aliphatic rings. The van der Waals surface area contributed by atoms with E-state index in [0.717, 1.165) is 17.7 Å². The second-order valence-electron chi connectivity index (χ2n) is 10.7. The van der Waals surface area contributed by atoms with Gasteiger partial charge in [0, 0.05) is 42.8 Å². The number of benzene rings is 1. The summed E-state index contributed by atoms with van der Waals surface area (Å²) in [5.41, 5.74) is -1.92. The average Bonchev–Trinajstić information content (AvgIpc) is 3.29. The first-order valence-electron chi connectivity index (χ1n) is 12.3. The van der Waals surface area contributed by atoms with E-state index in [4.69, 9.17) is 23.2 Å². The minimum absolute atomic E-state index is 0.0218. The lowest BCUT2D eigenvalue weighted by atomic mass is 9.73. The summed E-state index contributed by atoms with van der Waals surface area (Å²) in [6.07, 6.45) is 2.30.